The number of rotatable bonds is 7. The molecule has 1 N–H and O–H groups in total. The normalized spacial score (nSPS) is 10.4. The standard InChI is InChI=1S/C13H17BrFNO2/c1-10-4-2-5-11(12(10)15)13(17)16-7-3-8-18-9-6-14/h2,4-5H,3,6-9H2,1H3,(H,16,17). The SMILES string of the molecule is Cc1cccc(C(=O)NCCCOCCBr)c1F. The molecule has 0 radical (unpaired) electrons. The van der Waals surface area contributed by atoms with Gasteiger partial charge < -0.3 is 10.1 Å². The van der Waals surface area contributed by atoms with E-state index in [1.165, 1.54) is 6.07 Å². The summed E-state index contributed by atoms with van der Waals surface area (Å²) in [6.07, 6.45) is 0.714. The highest BCUT2D eigenvalue weighted by Crippen LogP contribution is 2.11. The number of amides is 1. The minimum atomic E-state index is -0.453. The molecule has 1 amide bonds. The molecule has 0 saturated carbocycles. The first-order valence-corrected chi connectivity index (χ1v) is 6.96. The zero-order chi connectivity index (χ0) is 13.4. The van der Waals surface area contributed by atoms with Gasteiger partial charge in [0.1, 0.15) is 5.82 Å². The van der Waals surface area contributed by atoms with E-state index in [1.807, 2.05) is 0 Å². The Labute approximate surface area is 115 Å². The molecule has 1 aromatic carbocycles. The zero-order valence-electron chi connectivity index (χ0n) is 10.3. The Morgan fingerprint density at radius 3 is 2.94 bits per heavy atom. The van der Waals surface area contributed by atoms with Gasteiger partial charge in [-0.15, -0.1) is 0 Å². The van der Waals surface area contributed by atoms with Crippen LogP contribution in [0.2, 0.25) is 0 Å². The maximum atomic E-state index is 13.6. The predicted molar refractivity (Wildman–Crippen MR) is 72.7 cm³/mol. The molecule has 0 bridgehead atoms. The first-order valence-electron chi connectivity index (χ1n) is 5.84. The second-order valence-corrected chi connectivity index (χ2v) is 4.64. The molecule has 3 nitrogen and oxygen atoms in total. The van der Waals surface area contributed by atoms with E-state index in [4.69, 9.17) is 4.74 Å². The number of ether oxygens (including phenoxy) is 1. The lowest BCUT2D eigenvalue weighted by Crippen LogP contribution is -2.26. The second kappa shape index (κ2) is 8.21. The van der Waals surface area contributed by atoms with Crippen LogP contribution in [0.4, 0.5) is 4.39 Å². The molecule has 0 heterocycles. The van der Waals surface area contributed by atoms with Crippen molar-refractivity contribution in [2.75, 3.05) is 25.1 Å². The molecule has 100 valence electrons. The Kier molecular flexibility index (Phi) is 6.90. The quantitative estimate of drug-likeness (QED) is 0.620. The van der Waals surface area contributed by atoms with Gasteiger partial charge in [0, 0.05) is 18.5 Å². The molecule has 0 unspecified atom stereocenters. The van der Waals surface area contributed by atoms with Crippen LogP contribution in [-0.4, -0.2) is 31.0 Å². The van der Waals surface area contributed by atoms with Crippen molar-refractivity contribution < 1.29 is 13.9 Å². The van der Waals surface area contributed by atoms with Crippen LogP contribution in [0.15, 0.2) is 18.2 Å². The molecule has 18 heavy (non-hydrogen) atoms. The fraction of sp³-hybridized carbons (Fsp3) is 0.462. The predicted octanol–water partition coefficient (Wildman–Crippen LogP) is 2.67. The maximum absolute atomic E-state index is 13.6. The minimum Gasteiger partial charge on any atom is -0.381 e. The molecular formula is C13H17BrFNO2. The maximum Gasteiger partial charge on any atom is 0.254 e. The van der Waals surface area contributed by atoms with Gasteiger partial charge in [0.25, 0.3) is 5.91 Å². The van der Waals surface area contributed by atoms with Crippen LogP contribution in [-0.2, 0) is 4.74 Å². The Hall–Kier alpha value is -0.940. The summed E-state index contributed by atoms with van der Waals surface area (Å²) in [4.78, 5) is 11.7. The average molecular weight is 318 g/mol. The van der Waals surface area contributed by atoms with Gasteiger partial charge in [-0.25, -0.2) is 4.39 Å². The molecule has 0 atom stereocenters. The van der Waals surface area contributed by atoms with Crippen LogP contribution in [0.25, 0.3) is 0 Å². The molecule has 1 aromatic rings. The lowest BCUT2D eigenvalue weighted by atomic mass is 10.1. The highest BCUT2D eigenvalue weighted by Gasteiger charge is 2.11. The second-order valence-electron chi connectivity index (χ2n) is 3.85. The van der Waals surface area contributed by atoms with Gasteiger partial charge in [0.05, 0.1) is 12.2 Å². The van der Waals surface area contributed by atoms with Crippen LogP contribution in [0.5, 0.6) is 0 Å². The highest BCUT2D eigenvalue weighted by molar-refractivity contribution is 9.09. The zero-order valence-corrected chi connectivity index (χ0v) is 11.9. The Morgan fingerprint density at radius 2 is 2.22 bits per heavy atom. The van der Waals surface area contributed by atoms with Crippen LogP contribution in [0, 0.1) is 12.7 Å². The number of hydrogen-bond donors (Lipinski definition) is 1. The van der Waals surface area contributed by atoms with Gasteiger partial charge >= 0.3 is 0 Å². The lowest BCUT2D eigenvalue weighted by Gasteiger charge is -2.07. The molecule has 0 saturated heterocycles. The molecule has 1 rings (SSSR count). The number of alkyl halides is 1. The molecule has 0 spiro atoms. The molecule has 0 aliphatic carbocycles. The summed E-state index contributed by atoms with van der Waals surface area (Å²) in [5, 5.41) is 3.47. The first kappa shape index (κ1) is 15.1. The summed E-state index contributed by atoms with van der Waals surface area (Å²) in [5.74, 6) is -0.831. The Bertz CT molecular complexity index is 399. The van der Waals surface area contributed by atoms with E-state index in [0.717, 1.165) is 5.33 Å². The molecular weight excluding hydrogens is 301 g/mol. The monoisotopic (exact) mass is 317 g/mol. The van der Waals surface area contributed by atoms with E-state index < -0.39 is 5.82 Å². The fourth-order valence-electron chi connectivity index (χ4n) is 1.45. The topological polar surface area (TPSA) is 38.3 Å². The van der Waals surface area contributed by atoms with Gasteiger partial charge in [-0.3, -0.25) is 4.79 Å². The van der Waals surface area contributed by atoms with E-state index in [2.05, 4.69) is 21.2 Å². The van der Waals surface area contributed by atoms with Crippen LogP contribution >= 0.6 is 15.9 Å². The average Bonchev–Trinajstić information content (AvgIpc) is 2.36. The van der Waals surface area contributed by atoms with E-state index in [1.54, 1.807) is 19.1 Å². The third kappa shape index (κ3) is 4.74. The molecule has 5 heteroatoms. The van der Waals surface area contributed by atoms with Crippen molar-refractivity contribution in [2.45, 2.75) is 13.3 Å². The summed E-state index contributed by atoms with van der Waals surface area (Å²) >= 11 is 3.25. The third-order valence-corrected chi connectivity index (χ3v) is 2.73. The van der Waals surface area contributed by atoms with Crippen molar-refractivity contribution in [3.63, 3.8) is 0 Å². The summed E-state index contributed by atoms with van der Waals surface area (Å²) in [7, 11) is 0. The summed E-state index contributed by atoms with van der Waals surface area (Å²) in [6, 6.07) is 4.80. The van der Waals surface area contributed by atoms with Crippen LogP contribution in [0.1, 0.15) is 22.3 Å². The first-order chi connectivity index (χ1) is 8.66. The largest absolute Gasteiger partial charge is 0.381 e. The van der Waals surface area contributed by atoms with Crippen molar-refractivity contribution >= 4 is 21.8 Å². The Morgan fingerprint density at radius 1 is 1.44 bits per heavy atom. The van der Waals surface area contributed by atoms with Gasteiger partial charge in [0.15, 0.2) is 0 Å². The number of hydrogen-bond acceptors (Lipinski definition) is 2. The van der Waals surface area contributed by atoms with Gasteiger partial charge in [-0.05, 0) is 25.0 Å². The molecule has 0 aliphatic rings. The smallest absolute Gasteiger partial charge is 0.254 e. The molecule has 0 aliphatic heterocycles. The van der Waals surface area contributed by atoms with E-state index in [9.17, 15) is 9.18 Å². The molecule has 0 fully saturated rings. The lowest BCUT2D eigenvalue weighted by molar-refractivity contribution is 0.0940. The summed E-state index contributed by atoms with van der Waals surface area (Å²) < 4.78 is 18.9. The van der Waals surface area contributed by atoms with Crippen molar-refractivity contribution in [3.05, 3.63) is 35.1 Å². The van der Waals surface area contributed by atoms with Gasteiger partial charge in [-0.1, -0.05) is 28.1 Å². The van der Waals surface area contributed by atoms with Crippen LogP contribution in [0.3, 0.4) is 0 Å². The summed E-state index contributed by atoms with van der Waals surface area (Å²) in [6.45, 7) is 3.36. The van der Waals surface area contributed by atoms with Crippen molar-refractivity contribution in [1.82, 2.24) is 5.32 Å². The van der Waals surface area contributed by atoms with Gasteiger partial charge in [-0.2, -0.15) is 0 Å². The number of carbonyl (C=O) groups excluding carboxylic acids is 1. The fourth-order valence-corrected chi connectivity index (χ4v) is 1.68. The number of carbonyl (C=O) groups is 1. The van der Waals surface area contributed by atoms with E-state index in [0.29, 0.717) is 31.7 Å². The number of nitrogens with one attached hydrogen (secondary N) is 1. The third-order valence-electron chi connectivity index (χ3n) is 2.41. The van der Waals surface area contributed by atoms with E-state index >= 15 is 0 Å². The minimum absolute atomic E-state index is 0.0939. The van der Waals surface area contributed by atoms with Crippen molar-refractivity contribution in [2.24, 2.45) is 0 Å². The van der Waals surface area contributed by atoms with Crippen molar-refractivity contribution in [1.29, 1.82) is 0 Å². The highest BCUT2D eigenvalue weighted by atomic mass is 79.9. The number of halogens is 2. The molecule has 0 aromatic heterocycles. The summed E-state index contributed by atoms with van der Waals surface area (Å²) in [5.41, 5.74) is 0.569. The van der Waals surface area contributed by atoms with Gasteiger partial charge in [0.2, 0.25) is 0 Å². The van der Waals surface area contributed by atoms with Crippen molar-refractivity contribution in [3.8, 4) is 0 Å². The Balaban J connectivity index is 2.35. The number of benzene rings is 1. The van der Waals surface area contributed by atoms with Crippen LogP contribution < -0.4 is 5.32 Å². The number of aryl methyl sites for hydroxylation is 1. The van der Waals surface area contributed by atoms with E-state index in [-0.39, 0.29) is 11.5 Å².